The SMILES string of the molecule is O[C@H]1CCCN(Cn2nc(-c3cccc(Br)c3)oc2=S)C1. The Kier molecular flexibility index (Phi) is 4.54. The van der Waals surface area contributed by atoms with Crippen molar-refractivity contribution >= 4 is 28.1 Å². The van der Waals surface area contributed by atoms with E-state index < -0.39 is 0 Å². The second-order valence-corrected chi connectivity index (χ2v) is 6.46. The number of piperidine rings is 1. The highest BCUT2D eigenvalue weighted by atomic mass is 79.9. The molecule has 0 aliphatic carbocycles. The number of aromatic nitrogens is 2. The van der Waals surface area contributed by atoms with Crippen LogP contribution in [0.25, 0.3) is 11.5 Å². The fourth-order valence-corrected chi connectivity index (χ4v) is 3.06. The number of β-amino-alcohol motifs (C(OH)–C–C–N with tert-alkyl or cyclic N) is 1. The zero-order valence-corrected chi connectivity index (χ0v) is 13.8. The molecule has 7 heteroatoms. The van der Waals surface area contributed by atoms with Crippen molar-refractivity contribution in [2.24, 2.45) is 0 Å². The third-order valence-corrected chi connectivity index (χ3v) is 4.28. The first-order valence-electron chi connectivity index (χ1n) is 6.86. The third kappa shape index (κ3) is 3.60. The van der Waals surface area contributed by atoms with Crippen molar-refractivity contribution in [1.29, 1.82) is 0 Å². The van der Waals surface area contributed by atoms with Crippen LogP contribution in [0.4, 0.5) is 0 Å². The summed E-state index contributed by atoms with van der Waals surface area (Å²) in [5.41, 5.74) is 0.882. The van der Waals surface area contributed by atoms with E-state index in [0.29, 0.717) is 23.9 Å². The van der Waals surface area contributed by atoms with Gasteiger partial charge in [0.1, 0.15) is 0 Å². The van der Waals surface area contributed by atoms with Crippen LogP contribution in [-0.4, -0.2) is 39.0 Å². The number of hydrogen-bond acceptors (Lipinski definition) is 5. The normalized spacial score (nSPS) is 19.8. The Morgan fingerprint density at radius 3 is 3.10 bits per heavy atom. The van der Waals surface area contributed by atoms with E-state index in [2.05, 4.69) is 25.9 Å². The Labute approximate surface area is 136 Å². The number of rotatable bonds is 3. The molecule has 1 fully saturated rings. The number of likely N-dealkylation sites (tertiary alicyclic amines) is 1. The minimum absolute atomic E-state index is 0.260. The molecule has 1 aliphatic heterocycles. The Morgan fingerprint density at radius 1 is 1.48 bits per heavy atom. The summed E-state index contributed by atoms with van der Waals surface area (Å²) in [6, 6.07) is 7.75. The molecule has 3 rings (SSSR count). The highest BCUT2D eigenvalue weighted by Crippen LogP contribution is 2.22. The fraction of sp³-hybridized carbons (Fsp3) is 0.429. The molecule has 5 nitrogen and oxygen atoms in total. The molecular weight excluding hydrogens is 354 g/mol. The number of aliphatic hydroxyl groups excluding tert-OH is 1. The minimum Gasteiger partial charge on any atom is -0.409 e. The van der Waals surface area contributed by atoms with Crippen molar-refractivity contribution in [3.05, 3.63) is 33.6 Å². The summed E-state index contributed by atoms with van der Waals surface area (Å²) in [7, 11) is 0. The minimum atomic E-state index is -0.260. The Balaban J connectivity index is 1.80. The van der Waals surface area contributed by atoms with Crippen molar-refractivity contribution in [1.82, 2.24) is 14.7 Å². The van der Waals surface area contributed by atoms with E-state index in [9.17, 15) is 5.11 Å². The highest BCUT2D eigenvalue weighted by molar-refractivity contribution is 9.10. The fourth-order valence-electron chi connectivity index (χ4n) is 2.48. The maximum atomic E-state index is 9.71. The molecule has 0 amide bonds. The van der Waals surface area contributed by atoms with Gasteiger partial charge in [0.05, 0.1) is 12.8 Å². The lowest BCUT2D eigenvalue weighted by Gasteiger charge is -2.29. The monoisotopic (exact) mass is 369 g/mol. The molecule has 112 valence electrons. The molecule has 0 saturated carbocycles. The molecule has 0 unspecified atom stereocenters. The molecule has 2 heterocycles. The molecule has 2 aromatic rings. The van der Waals surface area contributed by atoms with Crippen molar-refractivity contribution in [2.45, 2.75) is 25.6 Å². The number of hydrogen-bond donors (Lipinski definition) is 1. The highest BCUT2D eigenvalue weighted by Gasteiger charge is 2.19. The van der Waals surface area contributed by atoms with Gasteiger partial charge in [0.25, 0.3) is 4.84 Å². The van der Waals surface area contributed by atoms with Gasteiger partial charge < -0.3 is 9.52 Å². The number of halogens is 1. The van der Waals surface area contributed by atoms with Crippen molar-refractivity contribution in [3.63, 3.8) is 0 Å². The van der Waals surface area contributed by atoms with Gasteiger partial charge in [-0.1, -0.05) is 22.0 Å². The van der Waals surface area contributed by atoms with E-state index >= 15 is 0 Å². The standard InChI is InChI=1S/C14H16BrN3O2S/c15-11-4-1-3-10(7-11)13-16-18(14(21)20-13)9-17-6-2-5-12(19)8-17/h1,3-4,7,12,19H,2,5-6,8-9H2/t12-/m0/s1. The van der Waals surface area contributed by atoms with Crippen LogP contribution in [0.2, 0.25) is 0 Å². The summed E-state index contributed by atoms with van der Waals surface area (Å²) >= 11 is 8.67. The Hall–Kier alpha value is -1.02. The van der Waals surface area contributed by atoms with E-state index in [1.54, 1.807) is 4.68 Å². The van der Waals surface area contributed by atoms with E-state index in [-0.39, 0.29) is 6.10 Å². The maximum Gasteiger partial charge on any atom is 0.288 e. The largest absolute Gasteiger partial charge is 0.409 e. The van der Waals surface area contributed by atoms with Crippen LogP contribution >= 0.6 is 28.1 Å². The van der Waals surface area contributed by atoms with Crippen molar-refractivity contribution < 1.29 is 9.52 Å². The Morgan fingerprint density at radius 2 is 2.33 bits per heavy atom. The lowest BCUT2D eigenvalue weighted by Crippen LogP contribution is -2.39. The topological polar surface area (TPSA) is 54.4 Å². The summed E-state index contributed by atoms with van der Waals surface area (Å²) in [4.78, 5) is 2.49. The van der Waals surface area contributed by atoms with Crippen LogP contribution in [0.3, 0.4) is 0 Å². The van der Waals surface area contributed by atoms with Gasteiger partial charge >= 0.3 is 0 Å². The van der Waals surface area contributed by atoms with Crippen LogP contribution in [0, 0.1) is 4.84 Å². The van der Waals surface area contributed by atoms with Crippen LogP contribution in [0.5, 0.6) is 0 Å². The van der Waals surface area contributed by atoms with E-state index in [1.165, 1.54) is 0 Å². The van der Waals surface area contributed by atoms with Crippen LogP contribution < -0.4 is 0 Å². The summed E-state index contributed by atoms with van der Waals surface area (Å²) in [6.07, 6.45) is 1.60. The predicted molar refractivity (Wildman–Crippen MR) is 85.3 cm³/mol. The van der Waals surface area contributed by atoms with Gasteiger partial charge in [-0.25, -0.2) is 4.68 Å². The second kappa shape index (κ2) is 6.39. The van der Waals surface area contributed by atoms with E-state index in [4.69, 9.17) is 16.6 Å². The lowest BCUT2D eigenvalue weighted by molar-refractivity contribution is 0.0509. The van der Waals surface area contributed by atoms with Crippen LogP contribution in [0.1, 0.15) is 12.8 Å². The molecule has 1 saturated heterocycles. The van der Waals surface area contributed by atoms with Gasteiger partial charge in [-0.15, -0.1) is 5.10 Å². The Bertz CT molecular complexity index is 685. The zero-order valence-electron chi connectivity index (χ0n) is 11.4. The molecular formula is C14H16BrN3O2S. The summed E-state index contributed by atoms with van der Waals surface area (Å²) < 4.78 is 8.22. The summed E-state index contributed by atoms with van der Waals surface area (Å²) in [5, 5.41) is 14.2. The molecule has 1 aromatic carbocycles. The number of aliphatic hydroxyl groups is 1. The van der Waals surface area contributed by atoms with Gasteiger partial charge in [0.15, 0.2) is 0 Å². The van der Waals surface area contributed by atoms with E-state index in [0.717, 1.165) is 29.4 Å². The van der Waals surface area contributed by atoms with Gasteiger partial charge in [-0.05, 0) is 43.3 Å². The van der Waals surface area contributed by atoms with Crippen molar-refractivity contribution in [2.75, 3.05) is 13.1 Å². The first-order chi connectivity index (χ1) is 10.1. The molecule has 21 heavy (non-hydrogen) atoms. The molecule has 1 aromatic heterocycles. The molecule has 0 bridgehead atoms. The summed E-state index contributed by atoms with van der Waals surface area (Å²) in [5.74, 6) is 0.513. The molecule has 0 spiro atoms. The quantitative estimate of drug-likeness (QED) is 0.842. The third-order valence-electron chi connectivity index (χ3n) is 3.49. The number of nitrogens with zero attached hydrogens (tertiary/aromatic N) is 3. The first-order valence-corrected chi connectivity index (χ1v) is 8.06. The number of benzene rings is 1. The van der Waals surface area contributed by atoms with Crippen molar-refractivity contribution in [3.8, 4) is 11.5 Å². The van der Waals surface area contributed by atoms with Gasteiger partial charge in [-0.3, -0.25) is 4.90 Å². The van der Waals surface area contributed by atoms with Gasteiger partial charge in [0.2, 0.25) is 5.89 Å². The van der Waals surface area contributed by atoms with Crippen LogP contribution in [0.15, 0.2) is 33.2 Å². The van der Waals surface area contributed by atoms with Gasteiger partial charge in [0, 0.05) is 23.1 Å². The molecule has 0 radical (unpaired) electrons. The predicted octanol–water partition coefficient (Wildman–Crippen LogP) is 3.05. The maximum absolute atomic E-state index is 9.71. The lowest BCUT2D eigenvalue weighted by atomic mass is 10.1. The summed E-state index contributed by atoms with van der Waals surface area (Å²) in [6.45, 7) is 2.15. The molecule has 1 aliphatic rings. The average Bonchev–Trinajstić information content (AvgIpc) is 2.80. The second-order valence-electron chi connectivity index (χ2n) is 5.20. The smallest absolute Gasteiger partial charge is 0.288 e. The first kappa shape index (κ1) is 14.9. The average molecular weight is 370 g/mol. The van der Waals surface area contributed by atoms with Gasteiger partial charge in [-0.2, -0.15) is 0 Å². The molecule has 1 N–H and O–H groups in total. The van der Waals surface area contributed by atoms with Crippen LogP contribution in [-0.2, 0) is 6.67 Å². The van der Waals surface area contributed by atoms with E-state index in [1.807, 2.05) is 24.3 Å². The zero-order chi connectivity index (χ0) is 14.8. The molecule has 1 atom stereocenters.